The lowest BCUT2D eigenvalue weighted by molar-refractivity contribution is -0.385. The summed E-state index contributed by atoms with van der Waals surface area (Å²) in [6.45, 7) is 0. The van der Waals surface area contributed by atoms with Crippen LogP contribution in [0.25, 0.3) is 11.4 Å². The second kappa shape index (κ2) is 6.97. The second-order valence-corrected chi connectivity index (χ2v) is 5.30. The highest BCUT2D eigenvalue weighted by Crippen LogP contribution is 2.28. The summed E-state index contributed by atoms with van der Waals surface area (Å²) in [6.07, 6.45) is 0. The van der Waals surface area contributed by atoms with Gasteiger partial charge in [-0.25, -0.2) is 4.68 Å². The van der Waals surface area contributed by atoms with E-state index in [4.69, 9.17) is 4.74 Å². The van der Waals surface area contributed by atoms with Crippen molar-refractivity contribution in [1.82, 2.24) is 20.2 Å². The van der Waals surface area contributed by atoms with Crippen molar-refractivity contribution in [2.45, 2.75) is 0 Å². The number of anilines is 1. The van der Waals surface area contributed by atoms with Crippen LogP contribution in [0.4, 0.5) is 11.4 Å². The Morgan fingerprint density at radius 2 is 1.96 bits per heavy atom. The van der Waals surface area contributed by atoms with Gasteiger partial charge < -0.3 is 10.1 Å². The maximum absolute atomic E-state index is 12.4. The van der Waals surface area contributed by atoms with E-state index in [0.717, 1.165) is 5.56 Å². The van der Waals surface area contributed by atoms with Gasteiger partial charge in [-0.05, 0) is 40.8 Å². The SMILES string of the molecule is COc1cc(C(=O)Nc2ccc(-c3nnnn3C)cc2)ccc1[N+](=O)[O-]. The van der Waals surface area contributed by atoms with Crippen molar-refractivity contribution < 1.29 is 14.5 Å². The summed E-state index contributed by atoms with van der Waals surface area (Å²) >= 11 is 0. The highest BCUT2D eigenvalue weighted by Gasteiger charge is 2.17. The van der Waals surface area contributed by atoms with Crippen molar-refractivity contribution in [3.05, 3.63) is 58.1 Å². The second-order valence-electron chi connectivity index (χ2n) is 5.30. The molecule has 132 valence electrons. The lowest BCUT2D eigenvalue weighted by Crippen LogP contribution is -2.12. The molecule has 0 radical (unpaired) electrons. The van der Waals surface area contributed by atoms with E-state index < -0.39 is 10.8 Å². The minimum atomic E-state index is -0.569. The number of nitrogens with zero attached hydrogens (tertiary/aromatic N) is 5. The van der Waals surface area contributed by atoms with E-state index in [1.165, 1.54) is 30.0 Å². The van der Waals surface area contributed by atoms with Crippen LogP contribution in [0.2, 0.25) is 0 Å². The number of carbonyl (C=O) groups is 1. The average Bonchev–Trinajstić information content (AvgIpc) is 3.07. The zero-order chi connectivity index (χ0) is 18.7. The summed E-state index contributed by atoms with van der Waals surface area (Å²) < 4.78 is 6.51. The molecule has 26 heavy (non-hydrogen) atoms. The average molecular weight is 354 g/mol. The van der Waals surface area contributed by atoms with Crippen LogP contribution in [0.1, 0.15) is 10.4 Å². The molecular weight excluding hydrogens is 340 g/mol. The zero-order valence-corrected chi connectivity index (χ0v) is 13.9. The number of benzene rings is 2. The Morgan fingerprint density at radius 1 is 1.23 bits per heavy atom. The zero-order valence-electron chi connectivity index (χ0n) is 13.9. The smallest absolute Gasteiger partial charge is 0.310 e. The number of aryl methyl sites for hydroxylation is 1. The minimum absolute atomic E-state index is 0.0211. The Kier molecular flexibility index (Phi) is 4.56. The number of nitro groups is 1. The van der Waals surface area contributed by atoms with Gasteiger partial charge in [0, 0.05) is 36.0 Å². The first-order valence-electron chi connectivity index (χ1n) is 7.46. The number of tetrazole rings is 1. The molecule has 1 heterocycles. The molecule has 10 nitrogen and oxygen atoms in total. The van der Waals surface area contributed by atoms with E-state index in [1.54, 1.807) is 31.3 Å². The van der Waals surface area contributed by atoms with E-state index in [2.05, 4.69) is 20.8 Å². The molecule has 0 saturated carbocycles. The fourth-order valence-corrected chi connectivity index (χ4v) is 2.35. The first kappa shape index (κ1) is 17.0. The highest BCUT2D eigenvalue weighted by atomic mass is 16.6. The third-order valence-electron chi connectivity index (χ3n) is 3.66. The number of aromatic nitrogens is 4. The quantitative estimate of drug-likeness (QED) is 0.549. The van der Waals surface area contributed by atoms with E-state index in [0.29, 0.717) is 11.5 Å². The molecule has 1 N–H and O–H groups in total. The summed E-state index contributed by atoms with van der Waals surface area (Å²) in [7, 11) is 3.04. The molecule has 0 unspecified atom stereocenters. The number of carbonyl (C=O) groups excluding carboxylic acids is 1. The lowest BCUT2D eigenvalue weighted by atomic mass is 10.1. The van der Waals surface area contributed by atoms with E-state index >= 15 is 0 Å². The number of nitrogens with one attached hydrogen (secondary N) is 1. The van der Waals surface area contributed by atoms with E-state index in [1.807, 2.05) is 0 Å². The molecule has 3 aromatic rings. The van der Waals surface area contributed by atoms with E-state index in [-0.39, 0.29) is 17.0 Å². The van der Waals surface area contributed by atoms with Crippen molar-refractivity contribution >= 4 is 17.3 Å². The largest absolute Gasteiger partial charge is 0.490 e. The molecule has 1 amide bonds. The van der Waals surface area contributed by atoms with Gasteiger partial charge in [0.25, 0.3) is 5.91 Å². The van der Waals surface area contributed by atoms with Crippen molar-refractivity contribution in [2.24, 2.45) is 7.05 Å². The molecule has 2 aromatic carbocycles. The van der Waals surface area contributed by atoms with Crippen molar-refractivity contribution in [1.29, 1.82) is 0 Å². The van der Waals surface area contributed by atoms with Crippen molar-refractivity contribution in [2.75, 3.05) is 12.4 Å². The standard InChI is InChI=1S/C16H14N6O4/c1-21-15(18-19-20-21)10-3-6-12(7-4-10)17-16(23)11-5-8-13(22(24)25)14(9-11)26-2/h3-9H,1-2H3,(H,17,23). The summed E-state index contributed by atoms with van der Waals surface area (Å²) in [5.74, 6) is 0.210. The summed E-state index contributed by atoms with van der Waals surface area (Å²) in [6, 6.07) is 10.9. The Morgan fingerprint density at radius 3 is 2.54 bits per heavy atom. The number of methoxy groups -OCH3 is 1. The van der Waals surface area contributed by atoms with Crippen LogP contribution in [-0.2, 0) is 7.05 Å². The first-order chi connectivity index (χ1) is 12.5. The van der Waals surface area contributed by atoms with Gasteiger partial charge in [0.2, 0.25) is 0 Å². The van der Waals surface area contributed by atoms with Gasteiger partial charge in [-0.1, -0.05) is 0 Å². The third kappa shape index (κ3) is 3.34. The van der Waals surface area contributed by atoms with Gasteiger partial charge in [0.05, 0.1) is 12.0 Å². The number of amides is 1. The van der Waals surface area contributed by atoms with Crippen molar-refractivity contribution in [3.8, 4) is 17.1 Å². The van der Waals surface area contributed by atoms with Crippen LogP contribution in [0, 0.1) is 10.1 Å². The molecule has 1 aromatic heterocycles. The van der Waals surface area contributed by atoms with E-state index in [9.17, 15) is 14.9 Å². The maximum atomic E-state index is 12.4. The summed E-state index contributed by atoms with van der Waals surface area (Å²) in [4.78, 5) is 22.7. The summed E-state index contributed by atoms with van der Waals surface area (Å²) in [5.41, 5.74) is 1.40. The van der Waals surface area contributed by atoms with Gasteiger partial charge in [-0.15, -0.1) is 5.10 Å². The molecular formula is C16H14N6O4. The van der Waals surface area contributed by atoms with Crippen LogP contribution in [-0.4, -0.2) is 38.1 Å². The number of ether oxygens (including phenoxy) is 1. The van der Waals surface area contributed by atoms with Crippen LogP contribution < -0.4 is 10.1 Å². The number of hydrogen-bond donors (Lipinski definition) is 1. The van der Waals surface area contributed by atoms with Gasteiger partial charge in [0.1, 0.15) is 0 Å². The Hall–Kier alpha value is -3.82. The van der Waals surface area contributed by atoms with Gasteiger partial charge in [-0.2, -0.15) is 0 Å². The number of hydrogen-bond acceptors (Lipinski definition) is 7. The fourth-order valence-electron chi connectivity index (χ4n) is 2.35. The number of nitro benzene ring substituents is 1. The molecule has 0 aliphatic carbocycles. The van der Waals surface area contributed by atoms with Crippen LogP contribution in [0.15, 0.2) is 42.5 Å². The Bertz CT molecular complexity index is 967. The molecule has 0 aliphatic heterocycles. The predicted octanol–water partition coefficient (Wildman–Crippen LogP) is 2.05. The van der Waals surface area contributed by atoms with Gasteiger partial charge in [0.15, 0.2) is 11.6 Å². The van der Waals surface area contributed by atoms with Crippen LogP contribution in [0.5, 0.6) is 5.75 Å². The normalized spacial score (nSPS) is 10.4. The maximum Gasteiger partial charge on any atom is 0.310 e. The van der Waals surface area contributed by atoms with Gasteiger partial charge >= 0.3 is 5.69 Å². The number of rotatable bonds is 5. The monoisotopic (exact) mass is 354 g/mol. The topological polar surface area (TPSA) is 125 Å². The van der Waals surface area contributed by atoms with Crippen LogP contribution in [0.3, 0.4) is 0 Å². The highest BCUT2D eigenvalue weighted by molar-refractivity contribution is 6.04. The molecule has 3 rings (SSSR count). The Balaban J connectivity index is 1.78. The predicted molar refractivity (Wildman–Crippen MR) is 91.8 cm³/mol. The molecule has 10 heteroatoms. The first-order valence-corrected chi connectivity index (χ1v) is 7.46. The molecule has 0 atom stereocenters. The molecule has 0 bridgehead atoms. The minimum Gasteiger partial charge on any atom is -0.490 e. The third-order valence-corrected chi connectivity index (χ3v) is 3.66. The lowest BCUT2D eigenvalue weighted by Gasteiger charge is -2.08. The molecule has 0 spiro atoms. The molecule has 0 fully saturated rings. The Labute approximate surface area is 147 Å². The molecule has 0 saturated heterocycles. The van der Waals surface area contributed by atoms with Crippen molar-refractivity contribution in [3.63, 3.8) is 0 Å². The van der Waals surface area contributed by atoms with Crippen LogP contribution >= 0.6 is 0 Å². The van der Waals surface area contributed by atoms with Gasteiger partial charge in [-0.3, -0.25) is 14.9 Å². The fraction of sp³-hybridized carbons (Fsp3) is 0.125. The molecule has 0 aliphatic rings. The summed E-state index contributed by atoms with van der Waals surface area (Å²) in [5, 5.41) is 24.9.